The summed E-state index contributed by atoms with van der Waals surface area (Å²) in [5, 5.41) is 1.51. The second kappa shape index (κ2) is 17.5. The number of unbranched alkanes of at least 4 members (excludes halogenated alkanes) is 6. The largest absolute Gasteiger partial charge is 0.269 e. The van der Waals surface area contributed by atoms with E-state index in [9.17, 15) is 0 Å². The predicted octanol–water partition coefficient (Wildman–Crippen LogP) is 3.09. The zero-order valence-electron chi connectivity index (χ0n) is 8.47. The summed E-state index contributed by atoms with van der Waals surface area (Å²) < 4.78 is 0. The van der Waals surface area contributed by atoms with E-state index in [4.69, 9.17) is 0 Å². The Morgan fingerprint density at radius 3 is 1.58 bits per heavy atom. The van der Waals surface area contributed by atoms with E-state index >= 15 is 0 Å². The first-order valence-corrected chi connectivity index (χ1v) is 6.33. The Morgan fingerprint density at radius 2 is 1.17 bits per heavy atom. The maximum absolute atomic E-state index is 2.28. The van der Waals surface area contributed by atoms with Crippen molar-refractivity contribution in [2.45, 2.75) is 57.2 Å². The lowest BCUT2D eigenvalue weighted by Crippen LogP contribution is -1.78. The van der Waals surface area contributed by atoms with Crippen LogP contribution in [0.25, 0.3) is 0 Å². The minimum Gasteiger partial charge on any atom is -0.269 e. The smallest absolute Gasteiger partial charge is 0.211 e. The molecular weight excluding hydrogens is 173 g/mol. The Morgan fingerprint density at radius 1 is 0.750 bits per heavy atom. The minimum atomic E-state index is 0. The van der Waals surface area contributed by atoms with Crippen molar-refractivity contribution in [3.8, 4) is 0 Å². The fourth-order valence-electron chi connectivity index (χ4n) is 1.21. The van der Waals surface area contributed by atoms with Gasteiger partial charge in [-0.15, -0.1) is 5.28 Å². The average molecular weight is 196 g/mol. The van der Waals surface area contributed by atoms with E-state index in [-0.39, 0.29) is 9.41 Å². The van der Waals surface area contributed by atoms with Crippen LogP contribution < -0.4 is 0 Å². The van der Waals surface area contributed by atoms with Crippen molar-refractivity contribution >= 4 is 16.3 Å². The Balaban J connectivity index is -0.000000405. The second-order valence-corrected chi connectivity index (χ2v) is 4.12. The molecule has 0 rings (SSSR count). The van der Waals surface area contributed by atoms with Crippen molar-refractivity contribution in [1.82, 2.24) is 0 Å². The molecule has 0 heterocycles. The van der Waals surface area contributed by atoms with Crippen LogP contribution in [0.2, 0.25) is 5.28 Å². The predicted molar refractivity (Wildman–Crippen MR) is 56.4 cm³/mol. The molecule has 0 saturated heterocycles. The van der Waals surface area contributed by atoms with Crippen molar-refractivity contribution in [2.75, 3.05) is 0 Å². The summed E-state index contributed by atoms with van der Waals surface area (Å²) in [6.07, 6.45) is 10.3. The van der Waals surface area contributed by atoms with Gasteiger partial charge in [0.25, 0.3) is 0 Å². The number of hydrogen-bond donors (Lipinski definition) is 0. The van der Waals surface area contributed by atoms with Gasteiger partial charge in [-0.1, -0.05) is 51.9 Å². The molecular formula is C9H23AlF2. The molecule has 3 heteroatoms. The zero-order valence-corrected chi connectivity index (χ0v) is 10.5. The van der Waals surface area contributed by atoms with Gasteiger partial charge >= 0.3 is 0 Å². The fourth-order valence-corrected chi connectivity index (χ4v) is 1.71. The van der Waals surface area contributed by atoms with Gasteiger partial charge in [0, 0.05) is 0 Å². The van der Waals surface area contributed by atoms with Crippen molar-refractivity contribution in [3.63, 3.8) is 0 Å². The van der Waals surface area contributed by atoms with Crippen LogP contribution in [0.5, 0.6) is 0 Å². The van der Waals surface area contributed by atoms with Crippen LogP contribution in [0.1, 0.15) is 51.9 Å². The SMILES string of the molecule is CCCCCCCC[CH2][AlH2].F.F. The van der Waals surface area contributed by atoms with E-state index in [0.29, 0.717) is 0 Å². The summed E-state index contributed by atoms with van der Waals surface area (Å²) in [6, 6.07) is 0. The van der Waals surface area contributed by atoms with Gasteiger partial charge in [-0.2, -0.15) is 0 Å². The second-order valence-electron chi connectivity index (χ2n) is 3.12. The van der Waals surface area contributed by atoms with Crippen LogP contribution in [0, 0.1) is 0 Å². The molecule has 76 valence electrons. The van der Waals surface area contributed by atoms with Gasteiger partial charge in [0.15, 0.2) is 0 Å². The zero-order chi connectivity index (χ0) is 7.66. The highest BCUT2D eigenvalue weighted by molar-refractivity contribution is 6.08. The van der Waals surface area contributed by atoms with Gasteiger partial charge in [0.05, 0.1) is 0 Å². The Labute approximate surface area is 83.3 Å². The van der Waals surface area contributed by atoms with Crippen LogP contribution >= 0.6 is 0 Å². The van der Waals surface area contributed by atoms with Crippen LogP contribution in [-0.4, -0.2) is 16.3 Å². The van der Waals surface area contributed by atoms with Gasteiger partial charge in [-0.25, -0.2) is 0 Å². The highest BCUT2D eigenvalue weighted by Gasteiger charge is 1.87. The highest BCUT2D eigenvalue weighted by atomic mass is 27.0. The molecule has 0 aliphatic heterocycles. The lowest BCUT2D eigenvalue weighted by Gasteiger charge is -1.97. The molecule has 0 fully saturated rings. The summed E-state index contributed by atoms with van der Waals surface area (Å²) in [5.41, 5.74) is 0. The third kappa shape index (κ3) is 16.8. The molecule has 0 aromatic heterocycles. The van der Waals surface area contributed by atoms with Gasteiger partial charge in [-0.05, 0) is 0 Å². The molecule has 0 N–H and O–H groups in total. The minimum absolute atomic E-state index is 0. The summed E-state index contributed by atoms with van der Waals surface area (Å²) in [5.74, 6) is 0. The molecule has 0 unspecified atom stereocenters. The highest BCUT2D eigenvalue weighted by Crippen LogP contribution is 2.07. The summed E-state index contributed by atoms with van der Waals surface area (Å²) in [7, 11) is 0. The molecule has 0 aromatic carbocycles. The maximum atomic E-state index is 2.28. The first-order valence-electron chi connectivity index (χ1n) is 4.91. The molecule has 0 aromatic rings. The number of halogens is 2. The van der Waals surface area contributed by atoms with E-state index in [0.717, 1.165) is 0 Å². The topological polar surface area (TPSA) is 0 Å². The normalized spacial score (nSPS) is 8.42. The average Bonchev–Trinajstić information content (AvgIpc) is 1.97. The van der Waals surface area contributed by atoms with Gasteiger partial charge in [0.1, 0.15) is 0 Å². The molecule has 0 radical (unpaired) electrons. The maximum Gasteiger partial charge on any atom is 0.211 e. The number of hydrogen-bond acceptors (Lipinski definition) is 0. The summed E-state index contributed by atoms with van der Waals surface area (Å²) >= 11 is 1.41. The summed E-state index contributed by atoms with van der Waals surface area (Å²) in [6.45, 7) is 2.28. The van der Waals surface area contributed by atoms with Crippen molar-refractivity contribution in [3.05, 3.63) is 0 Å². The first kappa shape index (κ1) is 18.2. The fraction of sp³-hybridized carbons (Fsp3) is 1.00. The third-order valence-corrected chi connectivity index (χ3v) is 2.66. The molecule has 0 nitrogen and oxygen atoms in total. The standard InChI is InChI=1S/C9H19.Al.2FH.2H/c1-3-5-7-9-8-6-4-2;;;;;/h1,3-9H2,2H3;;2*1H;;. The van der Waals surface area contributed by atoms with Crippen molar-refractivity contribution < 1.29 is 9.41 Å². The van der Waals surface area contributed by atoms with E-state index in [1.165, 1.54) is 66.5 Å². The molecule has 0 atom stereocenters. The van der Waals surface area contributed by atoms with E-state index < -0.39 is 0 Å². The van der Waals surface area contributed by atoms with Gasteiger partial charge in [-0.3, -0.25) is 9.41 Å². The molecule has 0 spiro atoms. The lowest BCUT2D eigenvalue weighted by atomic mass is 10.1. The third-order valence-electron chi connectivity index (χ3n) is 1.96. The summed E-state index contributed by atoms with van der Waals surface area (Å²) in [4.78, 5) is 0. The van der Waals surface area contributed by atoms with Gasteiger partial charge in [0.2, 0.25) is 16.3 Å². The quantitative estimate of drug-likeness (QED) is 0.433. The van der Waals surface area contributed by atoms with Crippen LogP contribution in [0.15, 0.2) is 0 Å². The van der Waals surface area contributed by atoms with Crippen molar-refractivity contribution in [1.29, 1.82) is 0 Å². The first-order chi connectivity index (χ1) is 4.91. The van der Waals surface area contributed by atoms with Crippen LogP contribution in [0.4, 0.5) is 9.41 Å². The molecule has 0 bridgehead atoms. The molecule has 0 aliphatic carbocycles. The Kier molecular flexibility index (Phi) is 26.5. The van der Waals surface area contributed by atoms with E-state index in [2.05, 4.69) is 6.92 Å². The van der Waals surface area contributed by atoms with Crippen LogP contribution in [-0.2, 0) is 0 Å². The molecule has 0 saturated carbocycles. The molecule has 0 amide bonds. The Bertz CT molecular complexity index is 52.5. The molecule has 12 heavy (non-hydrogen) atoms. The molecule has 0 aliphatic rings. The van der Waals surface area contributed by atoms with Crippen LogP contribution in [0.3, 0.4) is 0 Å². The Hall–Kier alpha value is 0.392. The van der Waals surface area contributed by atoms with E-state index in [1.54, 1.807) is 0 Å². The monoisotopic (exact) mass is 196 g/mol. The lowest BCUT2D eigenvalue weighted by molar-refractivity contribution is 0.602. The van der Waals surface area contributed by atoms with Gasteiger partial charge < -0.3 is 0 Å². The van der Waals surface area contributed by atoms with E-state index in [1.807, 2.05) is 0 Å². The van der Waals surface area contributed by atoms with Crippen molar-refractivity contribution in [2.24, 2.45) is 0 Å². The number of rotatable bonds is 7.